The van der Waals surface area contributed by atoms with Crippen molar-refractivity contribution in [2.24, 2.45) is 0 Å². The lowest BCUT2D eigenvalue weighted by Crippen LogP contribution is -2.42. The van der Waals surface area contributed by atoms with Crippen LogP contribution in [0.5, 0.6) is 0 Å². The normalized spacial score (nSPS) is 18.8. The van der Waals surface area contributed by atoms with Crippen molar-refractivity contribution in [3.8, 4) is 5.69 Å². The Labute approximate surface area is 124 Å². The molecule has 0 saturated carbocycles. The van der Waals surface area contributed by atoms with E-state index in [4.69, 9.17) is 0 Å². The molecule has 2 aromatic rings. The lowest BCUT2D eigenvalue weighted by Gasteiger charge is -2.33. The summed E-state index contributed by atoms with van der Waals surface area (Å²) in [6, 6.07) is 6.12. The molecule has 0 unspecified atom stereocenters. The standard InChI is InChI=1S/C16H20N4O/c1-12-6-7-15(20-17-8-9-18-20)14(11-12)16(21)19-10-4-3-5-13(19)2/h6-9,11,13H,3-5,10H2,1-2H3/t13-/m1/s1. The van der Waals surface area contributed by atoms with E-state index in [0.29, 0.717) is 11.6 Å². The zero-order valence-electron chi connectivity index (χ0n) is 12.5. The number of aromatic nitrogens is 3. The second kappa shape index (κ2) is 5.68. The molecule has 110 valence electrons. The molecule has 1 amide bonds. The van der Waals surface area contributed by atoms with Gasteiger partial charge in [-0.2, -0.15) is 15.0 Å². The maximum atomic E-state index is 12.9. The predicted molar refractivity (Wildman–Crippen MR) is 80.4 cm³/mol. The van der Waals surface area contributed by atoms with Crippen LogP contribution >= 0.6 is 0 Å². The fourth-order valence-corrected chi connectivity index (χ4v) is 2.89. The van der Waals surface area contributed by atoms with Gasteiger partial charge in [0.25, 0.3) is 5.91 Å². The van der Waals surface area contributed by atoms with E-state index >= 15 is 0 Å². The number of rotatable bonds is 2. The molecular formula is C16H20N4O. The number of nitrogens with zero attached hydrogens (tertiary/aromatic N) is 4. The van der Waals surface area contributed by atoms with Crippen LogP contribution in [-0.2, 0) is 0 Å². The average Bonchev–Trinajstić information content (AvgIpc) is 3.01. The van der Waals surface area contributed by atoms with Gasteiger partial charge in [-0.3, -0.25) is 4.79 Å². The van der Waals surface area contributed by atoms with Crippen molar-refractivity contribution in [3.63, 3.8) is 0 Å². The van der Waals surface area contributed by atoms with Gasteiger partial charge in [-0.15, -0.1) is 0 Å². The molecule has 5 nitrogen and oxygen atoms in total. The molecule has 0 aliphatic carbocycles. The summed E-state index contributed by atoms with van der Waals surface area (Å²) in [6.07, 6.45) is 6.60. The Balaban J connectivity index is 2.00. The van der Waals surface area contributed by atoms with Gasteiger partial charge in [-0.05, 0) is 45.2 Å². The highest BCUT2D eigenvalue weighted by Gasteiger charge is 2.26. The summed E-state index contributed by atoms with van der Waals surface area (Å²) < 4.78 is 0. The second-order valence-corrected chi connectivity index (χ2v) is 5.68. The highest BCUT2D eigenvalue weighted by atomic mass is 16.2. The zero-order chi connectivity index (χ0) is 14.8. The Morgan fingerprint density at radius 2 is 2.00 bits per heavy atom. The molecule has 1 aromatic carbocycles. The summed E-state index contributed by atoms with van der Waals surface area (Å²) in [5.41, 5.74) is 2.49. The zero-order valence-corrected chi connectivity index (χ0v) is 12.5. The third-order valence-electron chi connectivity index (χ3n) is 4.08. The predicted octanol–water partition coefficient (Wildman–Crippen LogP) is 2.59. The van der Waals surface area contributed by atoms with Crippen molar-refractivity contribution in [1.82, 2.24) is 19.9 Å². The van der Waals surface area contributed by atoms with Crippen molar-refractivity contribution in [3.05, 3.63) is 41.7 Å². The fraction of sp³-hybridized carbons (Fsp3) is 0.438. The van der Waals surface area contributed by atoms with Gasteiger partial charge in [0.2, 0.25) is 0 Å². The summed E-state index contributed by atoms with van der Waals surface area (Å²) in [5, 5.41) is 8.32. The Kier molecular flexibility index (Phi) is 3.73. The number of hydrogen-bond acceptors (Lipinski definition) is 3. The van der Waals surface area contributed by atoms with E-state index in [9.17, 15) is 4.79 Å². The molecule has 3 rings (SSSR count). The molecule has 0 N–H and O–H groups in total. The number of carbonyl (C=O) groups excluding carboxylic acids is 1. The topological polar surface area (TPSA) is 51.0 Å². The quantitative estimate of drug-likeness (QED) is 0.851. The number of piperidine rings is 1. The van der Waals surface area contributed by atoms with Crippen molar-refractivity contribution in [1.29, 1.82) is 0 Å². The molecule has 0 spiro atoms. The first-order valence-corrected chi connectivity index (χ1v) is 7.45. The third-order valence-corrected chi connectivity index (χ3v) is 4.08. The monoisotopic (exact) mass is 284 g/mol. The van der Waals surface area contributed by atoms with Gasteiger partial charge in [0, 0.05) is 12.6 Å². The van der Waals surface area contributed by atoms with Crippen molar-refractivity contribution < 1.29 is 4.79 Å². The highest BCUT2D eigenvalue weighted by molar-refractivity contribution is 5.98. The highest BCUT2D eigenvalue weighted by Crippen LogP contribution is 2.23. The SMILES string of the molecule is Cc1ccc(-n2nccn2)c(C(=O)N2CCCC[C@H]2C)c1. The van der Waals surface area contributed by atoms with E-state index in [2.05, 4.69) is 17.1 Å². The van der Waals surface area contributed by atoms with Gasteiger partial charge in [0.15, 0.2) is 0 Å². The second-order valence-electron chi connectivity index (χ2n) is 5.68. The number of aryl methyl sites for hydroxylation is 1. The summed E-state index contributed by atoms with van der Waals surface area (Å²) in [6.45, 7) is 4.95. The number of benzene rings is 1. The first-order chi connectivity index (χ1) is 10.2. The Hall–Kier alpha value is -2.17. The summed E-state index contributed by atoms with van der Waals surface area (Å²) >= 11 is 0. The molecule has 1 aliphatic rings. The minimum atomic E-state index is 0.0817. The van der Waals surface area contributed by atoms with E-state index in [0.717, 1.165) is 30.6 Å². The van der Waals surface area contributed by atoms with Crippen LogP contribution in [0.3, 0.4) is 0 Å². The third kappa shape index (κ3) is 2.68. The first-order valence-electron chi connectivity index (χ1n) is 7.45. The van der Waals surface area contributed by atoms with Crippen LogP contribution < -0.4 is 0 Å². The van der Waals surface area contributed by atoms with Crippen LogP contribution in [0.1, 0.15) is 42.1 Å². The van der Waals surface area contributed by atoms with E-state index in [1.54, 1.807) is 12.4 Å². The molecule has 21 heavy (non-hydrogen) atoms. The maximum Gasteiger partial charge on any atom is 0.256 e. The molecule has 1 saturated heterocycles. The Bertz CT molecular complexity index is 636. The number of amides is 1. The lowest BCUT2D eigenvalue weighted by atomic mass is 10.0. The number of hydrogen-bond donors (Lipinski definition) is 0. The van der Waals surface area contributed by atoms with Crippen LogP contribution in [0.15, 0.2) is 30.6 Å². The van der Waals surface area contributed by atoms with Crippen molar-refractivity contribution in [2.75, 3.05) is 6.54 Å². The lowest BCUT2D eigenvalue weighted by molar-refractivity contribution is 0.0635. The van der Waals surface area contributed by atoms with Gasteiger partial charge < -0.3 is 4.90 Å². The van der Waals surface area contributed by atoms with E-state index in [1.165, 1.54) is 11.2 Å². The van der Waals surface area contributed by atoms with Crippen LogP contribution in [0.4, 0.5) is 0 Å². The molecule has 2 heterocycles. The molecule has 1 atom stereocenters. The van der Waals surface area contributed by atoms with Crippen molar-refractivity contribution in [2.45, 2.75) is 39.2 Å². The van der Waals surface area contributed by atoms with Gasteiger partial charge in [0.05, 0.1) is 23.6 Å². The molecule has 0 radical (unpaired) electrons. The Morgan fingerprint density at radius 3 is 2.71 bits per heavy atom. The minimum absolute atomic E-state index is 0.0817. The van der Waals surface area contributed by atoms with Gasteiger partial charge in [-0.1, -0.05) is 11.6 Å². The van der Waals surface area contributed by atoms with E-state index < -0.39 is 0 Å². The van der Waals surface area contributed by atoms with Gasteiger partial charge in [0.1, 0.15) is 0 Å². The number of carbonyl (C=O) groups is 1. The molecule has 1 aromatic heterocycles. The molecule has 5 heteroatoms. The van der Waals surface area contributed by atoms with Crippen molar-refractivity contribution >= 4 is 5.91 Å². The van der Waals surface area contributed by atoms with E-state index in [1.807, 2.05) is 30.0 Å². The average molecular weight is 284 g/mol. The minimum Gasteiger partial charge on any atom is -0.336 e. The molecule has 1 fully saturated rings. The van der Waals surface area contributed by atoms with Crippen LogP contribution in [0.2, 0.25) is 0 Å². The van der Waals surface area contributed by atoms with Gasteiger partial charge >= 0.3 is 0 Å². The van der Waals surface area contributed by atoms with Crippen LogP contribution in [0.25, 0.3) is 5.69 Å². The maximum absolute atomic E-state index is 12.9. The smallest absolute Gasteiger partial charge is 0.256 e. The molecule has 1 aliphatic heterocycles. The Morgan fingerprint density at radius 1 is 1.24 bits per heavy atom. The van der Waals surface area contributed by atoms with Gasteiger partial charge in [-0.25, -0.2) is 0 Å². The molecular weight excluding hydrogens is 264 g/mol. The summed E-state index contributed by atoms with van der Waals surface area (Å²) in [7, 11) is 0. The van der Waals surface area contributed by atoms with Crippen LogP contribution in [0, 0.1) is 6.92 Å². The fourth-order valence-electron chi connectivity index (χ4n) is 2.89. The summed E-state index contributed by atoms with van der Waals surface area (Å²) in [5.74, 6) is 0.0817. The van der Waals surface area contributed by atoms with E-state index in [-0.39, 0.29) is 5.91 Å². The van der Waals surface area contributed by atoms with Crippen LogP contribution in [-0.4, -0.2) is 38.4 Å². The number of likely N-dealkylation sites (tertiary alicyclic amines) is 1. The first kappa shape index (κ1) is 13.8. The molecule has 0 bridgehead atoms. The summed E-state index contributed by atoms with van der Waals surface area (Å²) in [4.78, 5) is 16.4. The largest absolute Gasteiger partial charge is 0.336 e.